The molecule has 1 atom stereocenters. The summed E-state index contributed by atoms with van der Waals surface area (Å²) in [6.45, 7) is 0.171. The van der Waals surface area contributed by atoms with Crippen molar-refractivity contribution in [3.63, 3.8) is 0 Å². The standard InChI is InChI=1S/C19H18N2O3S/c22-18(15-11-16(24-21-15)13-5-2-1-3-6-13)20-12-19(23,14-8-9-14)17-7-4-10-25-17/h1-7,10-11,14,23H,8-9,12H2,(H,20,22). The Balaban J connectivity index is 1.46. The van der Waals surface area contributed by atoms with Crippen molar-refractivity contribution in [2.45, 2.75) is 18.4 Å². The van der Waals surface area contributed by atoms with Crippen LogP contribution in [0.25, 0.3) is 11.3 Å². The number of aromatic nitrogens is 1. The van der Waals surface area contributed by atoms with Crippen LogP contribution >= 0.6 is 11.3 Å². The molecule has 2 N–H and O–H groups in total. The van der Waals surface area contributed by atoms with E-state index >= 15 is 0 Å². The highest BCUT2D eigenvalue weighted by atomic mass is 32.1. The molecule has 1 aromatic carbocycles. The van der Waals surface area contributed by atoms with Gasteiger partial charge < -0.3 is 14.9 Å². The van der Waals surface area contributed by atoms with Crippen LogP contribution in [0.4, 0.5) is 0 Å². The summed E-state index contributed by atoms with van der Waals surface area (Å²) >= 11 is 1.51. The minimum atomic E-state index is -1.00. The van der Waals surface area contributed by atoms with Crippen LogP contribution in [-0.2, 0) is 5.60 Å². The highest BCUT2D eigenvalue weighted by molar-refractivity contribution is 7.10. The third-order valence-electron chi connectivity index (χ3n) is 4.52. The molecule has 3 aromatic rings. The molecule has 1 unspecified atom stereocenters. The SMILES string of the molecule is O=C(NCC(O)(c1cccs1)C1CC1)c1cc(-c2ccccc2)on1. The normalized spacial score (nSPS) is 16.4. The third kappa shape index (κ3) is 3.23. The Kier molecular flexibility index (Phi) is 4.15. The molecule has 5 nitrogen and oxygen atoms in total. The zero-order chi connectivity index (χ0) is 17.3. The first kappa shape index (κ1) is 16.1. The molecule has 0 bridgehead atoms. The van der Waals surface area contributed by atoms with Gasteiger partial charge in [-0.3, -0.25) is 4.79 Å². The van der Waals surface area contributed by atoms with Crippen LogP contribution in [-0.4, -0.2) is 22.7 Å². The van der Waals surface area contributed by atoms with Crippen molar-refractivity contribution in [2.75, 3.05) is 6.54 Å². The van der Waals surface area contributed by atoms with Gasteiger partial charge in [0.1, 0.15) is 5.60 Å². The number of benzene rings is 1. The minimum absolute atomic E-state index is 0.171. The topological polar surface area (TPSA) is 75.4 Å². The molecule has 25 heavy (non-hydrogen) atoms. The molecule has 1 aliphatic carbocycles. The number of aliphatic hydroxyl groups is 1. The number of amides is 1. The van der Waals surface area contributed by atoms with Gasteiger partial charge in [0.2, 0.25) is 0 Å². The fourth-order valence-corrected chi connectivity index (χ4v) is 3.85. The van der Waals surface area contributed by atoms with Gasteiger partial charge in [0.15, 0.2) is 11.5 Å². The largest absolute Gasteiger partial charge is 0.382 e. The predicted molar refractivity (Wildman–Crippen MR) is 95.2 cm³/mol. The quantitative estimate of drug-likeness (QED) is 0.711. The molecule has 128 valence electrons. The van der Waals surface area contributed by atoms with Crippen LogP contribution in [0.5, 0.6) is 0 Å². The summed E-state index contributed by atoms with van der Waals surface area (Å²) in [5.74, 6) is 0.395. The molecule has 0 radical (unpaired) electrons. The van der Waals surface area contributed by atoms with Crippen molar-refractivity contribution in [1.82, 2.24) is 10.5 Å². The van der Waals surface area contributed by atoms with Crippen LogP contribution in [0.3, 0.4) is 0 Å². The molecule has 0 aliphatic heterocycles. The zero-order valence-corrected chi connectivity index (χ0v) is 14.3. The van der Waals surface area contributed by atoms with Gasteiger partial charge in [0.25, 0.3) is 5.91 Å². The van der Waals surface area contributed by atoms with E-state index in [1.165, 1.54) is 11.3 Å². The van der Waals surface area contributed by atoms with Crippen LogP contribution in [0, 0.1) is 5.92 Å². The fraction of sp³-hybridized carbons (Fsp3) is 0.263. The lowest BCUT2D eigenvalue weighted by Gasteiger charge is -2.27. The Bertz CT molecular complexity index is 856. The highest BCUT2D eigenvalue weighted by Crippen LogP contribution is 2.46. The molecular weight excluding hydrogens is 336 g/mol. The number of hydrogen-bond acceptors (Lipinski definition) is 5. The molecule has 0 spiro atoms. The molecule has 4 rings (SSSR count). The van der Waals surface area contributed by atoms with Gasteiger partial charge in [-0.2, -0.15) is 0 Å². The van der Waals surface area contributed by atoms with Crippen molar-refractivity contribution >= 4 is 17.2 Å². The van der Waals surface area contributed by atoms with Crippen LogP contribution in [0.15, 0.2) is 58.4 Å². The molecular formula is C19H18N2O3S. The first-order valence-electron chi connectivity index (χ1n) is 8.23. The average Bonchev–Trinajstić information content (AvgIpc) is 3.15. The number of carbonyl (C=O) groups is 1. The number of carbonyl (C=O) groups excluding carboxylic acids is 1. The second-order valence-corrected chi connectivity index (χ2v) is 7.25. The minimum Gasteiger partial charge on any atom is -0.382 e. The Morgan fingerprint density at radius 1 is 1.28 bits per heavy atom. The summed E-state index contributed by atoms with van der Waals surface area (Å²) in [6, 6.07) is 14.9. The summed E-state index contributed by atoms with van der Waals surface area (Å²) in [4.78, 5) is 13.3. The lowest BCUT2D eigenvalue weighted by Crippen LogP contribution is -2.42. The number of hydrogen-bond donors (Lipinski definition) is 2. The molecule has 2 heterocycles. The van der Waals surface area contributed by atoms with Crippen molar-refractivity contribution in [2.24, 2.45) is 5.92 Å². The van der Waals surface area contributed by atoms with Crippen molar-refractivity contribution in [3.05, 3.63) is 64.5 Å². The number of nitrogens with one attached hydrogen (secondary N) is 1. The number of nitrogens with zero attached hydrogens (tertiary/aromatic N) is 1. The summed E-state index contributed by atoms with van der Waals surface area (Å²) in [7, 11) is 0. The maximum atomic E-state index is 12.4. The van der Waals surface area contributed by atoms with E-state index in [9.17, 15) is 9.90 Å². The molecule has 1 fully saturated rings. The van der Waals surface area contributed by atoms with Gasteiger partial charge in [-0.05, 0) is 30.2 Å². The molecule has 0 saturated heterocycles. The molecule has 1 saturated carbocycles. The number of rotatable bonds is 6. The van der Waals surface area contributed by atoms with E-state index in [0.29, 0.717) is 5.76 Å². The Labute approximate surface area is 149 Å². The Morgan fingerprint density at radius 2 is 2.08 bits per heavy atom. The van der Waals surface area contributed by atoms with E-state index in [1.807, 2.05) is 47.8 Å². The van der Waals surface area contributed by atoms with Crippen molar-refractivity contribution < 1.29 is 14.4 Å². The van der Waals surface area contributed by atoms with Crippen LogP contribution in [0.1, 0.15) is 28.2 Å². The van der Waals surface area contributed by atoms with Crippen molar-refractivity contribution in [3.8, 4) is 11.3 Å². The van der Waals surface area contributed by atoms with E-state index in [4.69, 9.17) is 4.52 Å². The third-order valence-corrected chi connectivity index (χ3v) is 5.56. The Morgan fingerprint density at radius 3 is 2.76 bits per heavy atom. The maximum absolute atomic E-state index is 12.4. The van der Waals surface area contributed by atoms with Gasteiger partial charge in [-0.1, -0.05) is 41.6 Å². The van der Waals surface area contributed by atoms with E-state index in [1.54, 1.807) is 6.07 Å². The molecule has 1 aliphatic rings. The molecule has 1 amide bonds. The van der Waals surface area contributed by atoms with Gasteiger partial charge in [-0.25, -0.2) is 0 Å². The van der Waals surface area contributed by atoms with E-state index in [0.717, 1.165) is 23.3 Å². The van der Waals surface area contributed by atoms with Gasteiger partial charge in [-0.15, -0.1) is 11.3 Å². The van der Waals surface area contributed by atoms with Gasteiger partial charge in [0.05, 0.1) is 6.54 Å². The Hall–Kier alpha value is -2.44. The first-order valence-corrected chi connectivity index (χ1v) is 9.11. The lowest BCUT2D eigenvalue weighted by molar-refractivity contribution is 0.0168. The number of thiophene rings is 1. The van der Waals surface area contributed by atoms with Gasteiger partial charge in [0, 0.05) is 16.5 Å². The second kappa shape index (κ2) is 6.46. The predicted octanol–water partition coefficient (Wildman–Crippen LogP) is 3.43. The molecule has 6 heteroatoms. The zero-order valence-electron chi connectivity index (χ0n) is 13.5. The van der Waals surface area contributed by atoms with Crippen LogP contribution < -0.4 is 5.32 Å². The second-order valence-electron chi connectivity index (χ2n) is 6.30. The highest BCUT2D eigenvalue weighted by Gasteiger charge is 2.46. The summed E-state index contributed by atoms with van der Waals surface area (Å²) in [5.41, 5.74) is 0.0702. The van der Waals surface area contributed by atoms with E-state index < -0.39 is 5.60 Å². The summed E-state index contributed by atoms with van der Waals surface area (Å²) in [6.07, 6.45) is 1.96. The first-order chi connectivity index (χ1) is 12.2. The molecule has 2 aromatic heterocycles. The lowest BCUT2D eigenvalue weighted by atomic mass is 9.95. The van der Waals surface area contributed by atoms with E-state index in [2.05, 4.69) is 10.5 Å². The maximum Gasteiger partial charge on any atom is 0.273 e. The fourth-order valence-electron chi connectivity index (χ4n) is 2.94. The van der Waals surface area contributed by atoms with Crippen molar-refractivity contribution in [1.29, 1.82) is 0 Å². The average molecular weight is 354 g/mol. The van der Waals surface area contributed by atoms with Gasteiger partial charge >= 0.3 is 0 Å². The van der Waals surface area contributed by atoms with E-state index in [-0.39, 0.29) is 24.1 Å². The summed E-state index contributed by atoms with van der Waals surface area (Å²) in [5, 5.41) is 19.6. The monoisotopic (exact) mass is 354 g/mol. The smallest absolute Gasteiger partial charge is 0.273 e. The summed E-state index contributed by atoms with van der Waals surface area (Å²) < 4.78 is 5.26. The van der Waals surface area contributed by atoms with Crippen LogP contribution in [0.2, 0.25) is 0 Å².